The Hall–Kier alpha value is -2.15. The van der Waals surface area contributed by atoms with E-state index in [0.29, 0.717) is 13.1 Å². The van der Waals surface area contributed by atoms with Gasteiger partial charge in [-0.15, -0.1) is 0 Å². The van der Waals surface area contributed by atoms with Gasteiger partial charge in [-0.3, -0.25) is 0 Å². The highest BCUT2D eigenvalue weighted by Crippen LogP contribution is 2.29. The van der Waals surface area contributed by atoms with Crippen LogP contribution in [0.4, 0.5) is 5.82 Å². The monoisotopic (exact) mass is 262 g/mol. The van der Waals surface area contributed by atoms with Crippen molar-refractivity contribution in [2.75, 3.05) is 24.6 Å². The van der Waals surface area contributed by atoms with Crippen molar-refractivity contribution in [2.45, 2.75) is 12.5 Å². The Balaban J connectivity index is 1.67. The van der Waals surface area contributed by atoms with E-state index >= 15 is 0 Å². The summed E-state index contributed by atoms with van der Waals surface area (Å²) in [4.78, 5) is 17.0. The first-order valence-electron chi connectivity index (χ1n) is 5.97. The number of aliphatic carboxylic acids is 1. The van der Waals surface area contributed by atoms with Gasteiger partial charge in [0, 0.05) is 25.4 Å². The molecule has 0 radical (unpaired) electrons. The molecule has 3 heterocycles. The maximum Gasteiger partial charge on any atom is 0.329 e. The lowest BCUT2D eigenvalue weighted by molar-refractivity contribution is -0.150. The largest absolute Gasteiger partial charge is 0.480 e. The molecule has 0 bridgehead atoms. The fourth-order valence-electron chi connectivity index (χ4n) is 2.23. The predicted octanol–water partition coefficient (Wildman–Crippen LogP) is 0.409. The zero-order valence-electron chi connectivity index (χ0n) is 10.5. The molecule has 0 atom stereocenters. The highest BCUT2D eigenvalue weighted by molar-refractivity contribution is 5.68. The Morgan fingerprint density at radius 2 is 2.32 bits per heavy atom. The van der Waals surface area contributed by atoms with Crippen LogP contribution in [0.2, 0.25) is 0 Å². The highest BCUT2D eigenvalue weighted by Gasteiger charge is 2.41. The number of anilines is 1. The van der Waals surface area contributed by atoms with Gasteiger partial charge in [-0.05, 0) is 13.0 Å². The quantitative estimate of drug-likeness (QED) is 0.859. The van der Waals surface area contributed by atoms with Crippen molar-refractivity contribution >= 4 is 17.4 Å². The summed E-state index contributed by atoms with van der Waals surface area (Å²) in [5.41, 5.74) is 0.379. The van der Waals surface area contributed by atoms with Crippen LogP contribution in [-0.4, -0.2) is 51.0 Å². The van der Waals surface area contributed by atoms with Crippen molar-refractivity contribution in [3.63, 3.8) is 0 Å². The molecule has 19 heavy (non-hydrogen) atoms. The van der Waals surface area contributed by atoms with Gasteiger partial charge in [0.25, 0.3) is 0 Å². The van der Waals surface area contributed by atoms with Gasteiger partial charge in [0.05, 0.1) is 6.20 Å². The van der Waals surface area contributed by atoms with Gasteiger partial charge >= 0.3 is 5.97 Å². The lowest BCUT2D eigenvalue weighted by Gasteiger charge is -2.47. The number of hydrogen-bond acceptors (Lipinski definition) is 5. The minimum absolute atomic E-state index is 0.264. The van der Waals surface area contributed by atoms with Crippen LogP contribution in [0.1, 0.15) is 6.92 Å². The summed E-state index contributed by atoms with van der Waals surface area (Å²) in [6, 6.07) is 3.72. The summed E-state index contributed by atoms with van der Waals surface area (Å²) in [6.45, 7) is 2.92. The van der Waals surface area contributed by atoms with E-state index in [9.17, 15) is 4.79 Å². The average molecular weight is 262 g/mol. The number of carboxylic acid groups (broad SMARTS) is 1. The summed E-state index contributed by atoms with van der Waals surface area (Å²) in [7, 11) is 0. The second-order valence-corrected chi connectivity index (χ2v) is 4.91. The first-order chi connectivity index (χ1) is 9.06. The number of ether oxygens (including phenoxy) is 1. The summed E-state index contributed by atoms with van der Waals surface area (Å²) in [5.74, 6) is -0.0946. The van der Waals surface area contributed by atoms with Crippen LogP contribution in [0.3, 0.4) is 0 Å². The molecule has 1 aliphatic heterocycles. The van der Waals surface area contributed by atoms with E-state index in [2.05, 4.69) is 15.0 Å². The van der Waals surface area contributed by atoms with Crippen LogP contribution < -0.4 is 4.90 Å². The van der Waals surface area contributed by atoms with Crippen molar-refractivity contribution in [1.29, 1.82) is 0 Å². The number of carboxylic acids is 1. The number of carbonyl (C=O) groups is 1. The molecular weight excluding hydrogens is 248 g/mol. The summed E-state index contributed by atoms with van der Waals surface area (Å²) in [5, 5.41) is 12.7. The molecule has 1 saturated heterocycles. The van der Waals surface area contributed by atoms with Gasteiger partial charge in [-0.1, -0.05) is 0 Å². The molecule has 1 N–H and O–H groups in total. The number of fused-ring (bicyclic) bond motifs is 1. The molecule has 0 amide bonds. The highest BCUT2D eigenvalue weighted by atomic mass is 16.5. The number of rotatable bonds is 4. The van der Waals surface area contributed by atoms with E-state index < -0.39 is 11.6 Å². The Morgan fingerprint density at radius 3 is 3.05 bits per heavy atom. The molecule has 1 fully saturated rings. The fraction of sp³-hybridized carbons (Fsp3) is 0.417. The van der Waals surface area contributed by atoms with Crippen LogP contribution in [0.15, 0.2) is 24.5 Å². The van der Waals surface area contributed by atoms with Crippen molar-refractivity contribution in [2.24, 2.45) is 0 Å². The van der Waals surface area contributed by atoms with Crippen LogP contribution in [0.25, 0.3) is 5.65 Å². The second kappa shape index (κ2) is 4.20. The van der Waals surface area contributed by atoms with Crippen LogP contribution in [0.5, 0.6) is 0 Å². The molecule has 7 nitrogen and oxygen atoms in total. The Bertz CT molecular complexity index is 618. The molecule has 2 aromatic rings. The molecule has 0 unspecified atom stereocenters. The Morgan fingerprint density at radius 1 is 1.53 bits per heavy atom. The molecule has 7 heteroatoms. The van der Waals surface area contributed by atoms with Gasteiger partial charge in [0.1, 0.15) is 18.0 Å². The zero-order chi connectivity index (χ0) is 13.5. The topological polar surface area (TPSA) is 80.0 Å². The van der Waals surface area contributed by atoms with E-state index in [1.54, 1.807) is 10.7 Å². The fourth-order valence-corrected chi connectivity index (χ4v) is 2.23. The van der Waals surface area contributed by atoms with Crippen LogP contribution in [0, 0.1) is 0 Å². The second-order valence-electron chi connectivity index (χ2n) is 4.91. The van der Waals surface area contributed by atoms with Gasteiger partial charge in [-0.2, -0.15) is 5.10 Å². The summed E-state index contributed by atoms with van der Waals surface area (Å²) in [6.07, 6.45) is 3.55. The zero-order valence-corrected chi connectivity index (χ0v) is 10.5. The number of hydrogen-bond donors (Lipinski definition) is 1. The third-order valence-corrected chi connectivity index (χ3v) is 3.16. The third-order valence-electron chi connectivity index (χ3n) is 3.16. The van der Waals surface area contributed by atoms with Gasteiger partial charge in [-0.25, -0.2) is 14.3 Å². The van der Waals surface area contributed by atoms with E-state index in [0.717, 1.165) is 11.5 Å². The third kappa shape index (κ3) is 2.24. The van der Waals surface area contributed by atoms with Crippen molar-refractivity contribution in [3.8, 4) is 0 Å². The van der Waals surface area contributed by atoms with E-state index in [1.807, 2.05) is 25.3 Å². The summed E-state index contributed by atoms with van der Waals surface area (Å²) >= 11 is 0. The molecule has 0 spiro atoms. The first kappa shape index (κ1) is 11.9. The molecule has 100 valence electrons. The molecule has 2 aromatic heterocycles. The maximum atomic E-state index is 10.5. The van der Waals surface area contributed by atoms with Crippen molar-refractivity contribution in [3.05, 3.63) is 24.5 Å². The number of nitrogens with zero attached hydrogens (tertiary/aromatic N) is 4. The van der Waals surface area contributed by atoms with Crippen molar-refractivity contribution in [1.82, 2.24) is 14.6 Å². The lowest BCUT2D eigenvalue weighted by atomic mass is 9.96. The van der Waals surface area contributed by atoms with Gasteiger partial charge in [0.2, 0.25) is 0 Å². The molecule has 1 aliphatic rings. The summed E-state index contributed by atoms with van der Waals surface area (Å²) < 4.78 is 7.06. The first-order valence-corrected chi connectivity index (χ1v) is 5.97. The van der Waals surface area contributed by atoms with Crippen LogP contribution >= 0.6 is 0 Å². The SMILES string of the molecule is CC1(OCC(=O)O)CN(c2ccn3nccc3n2)C1. The molecule has 0 saturated carbocycles. The van der Waals surface area contributed by atoms with Gasteiger partial charge < -0.3 is 14.7 Å². The van der Waals surface area contributed by atoms with Crippen LogP contribution in [-0.2, 0) is 9.53 Å². The smallest absolute Gasteiger partial charge is 0.329 e. The lowest BCUT2D eigenvalue weighted by Crippen LogP contribution is -2.62. The molecule has 0 aliphatic carbocycles. The van der Waals surface area contributed by atoms with Crippen molar-refractivity contribution < 1.29 is 14.6 Å². The molecule has 0 aromatic carbocycles. The Labute approximate surface area is 109 Å². The minimum Gasteiger partial charge on any atom is -0.480 e. The van der Waals surface area contributed by atoms with E-state index in [-0.39, 0.29) is 6.61 Å². The average Bonchev–Trinajstić information content (AvgIpc) is 2.80. The van der Waals surface area contributed by atoms with Gasteiger partial charge in [0.15, 0.2) is 5.65 Å². The maximum absolute atomic E-state index is 10.5. The molecule has 3 rings (SSSR count). The molecular formula is C12H14N4O3. The Kier molecular flexibility index (Phi) is 2.63. The predicted molar refractivity (Wildman–Crippen MR) is 67.2 cm³/mol. The normalized spacial score (nSPS) is 17.4. The van der Waals surface area contributed by atoms with E-state index in [1.165, 1.54) is 0 Å². The van der Waals surface area contributed by atoms with E-state index in [4.69, 9.17) is 9.84 Å². The number of aromatic nitrogens is 3. The minimum atomic E-state index is -0.946. The standard InChI is InChI=1S/C12H14N4O3/c1-12(19-6-11(17)18)7-15(8-12)9-3-5-16-10(14-9)2-4-13-16/h2-5H,6-8H2,1H3,(H,17,18).